The number of methoxy groups -OCH3 is 1. The van der Waals surface area contributed by atoms with Gasteiger partial charge in [0.1, 0.15) is 6.04 Å². The predicted octanol–water partition coefficient (Wildman–Crippen LogP) is 1.70. The van der Waals surface area contributed by atoms with Gasteiger partial charge in [0.2, 0.25) is 5.91 Å². The van der Waals surface area contributed by atoms with Crippen molar-refractivity contribution < 1.29 is 19.2 Å². The molecule has 1 aliphatic rings. The molecule has 0 aliphatic heterocycles. The Bertz CT molecular complexity index is 653. The molecule has 0 bridgehead atoms. The summed E-state index contributed by atoms with van der Waals surface area (Å²) in [5, 5.41) is 13.6. The Morgan fingerprint density at radius 1 is 1.31 bits per heavy atom. The maximum atomic E-state index is 12.9. The minimum Gasteiger partial charge on any atom is -0.467 e. The van der Waals surface area contributed by atoms with E-state index in [1.54, 1.807) is 12.1 Å². The van der Waals surface area contributed by atoms with Gasteiger partial charge in [-0.1, -0.05) is 25.0 Å². The molecule has 1 aliphatic carbocycles. The highest BCUT2D eigenvalue weighted by Gasteiger charge is 2.41. The number of nitro groups is 1. The fraction of sp³-hybridized carbons (Fsp3) is 0.556. The van der Waals surface area contributed by atoms with Crippen molar-refractivity contribution in [1.82, 2.24) is 5.32 Å². The third-order valence-electron chi connectivity index (χ3n) is 5.04. The van der Waals surface area contributed by atoms with Crippen LogP contribution in [-0.2, 0) is 20.7 Å². The average Bonchev–Trinajstić information content (AvgIpc) is 3.11. The molecular weight excluding hydrogens is 338 g/mol. The summed E-state index contributed by atoms with van der Waals surface area (Å²) < 4.78 is 4.82. The molecule has 1 aromatic carbocycles. The van der Waals surface area contributed by atoms with Gasteiger partial charge in [0.05, 0.1) is 17.4 Å². The second-order valence-corrected chi connectivity index (χ2v) is 6.70. The number of nitrogens with one attached hydrogen (secondary N) is 1. The van der Waals surface area contributed by atoms with Gasteiger partial charge in [0.25, 0.3) is 5.69 Å². The number of nitrogens with two attached hydrogens (primary N) is 1. The smallest absolute Gasteiger partial charge is 0.328 e. The van der Waals surface area contributed by atoms with Crippen LogP contribution in [0.5, 0.6) is 0 Å². The van der Waals surface area contributed by atoms with Gasteiger partial charge in [-0.2, -0.15) is 0 Å². The van der Waals surface area contributed by atoms with E-state index >= 15 is 0 Å². The molecule has 142 valence electrons. The number of carbonyl (C=O) groups excluding carboxylic acids is 2. The molecular formula is C18H25N3O5. The van der Waals surface area contributed by atoms with Crippen molar-refractivity contribution in [3.05, 3.63) is 39.9 Å². The van der Waals surface area contributed by atoms with E-state index in [-0.39, 0.29) is 18.0 Å². The van der Waals surface area contributed by atoms with E-state index in [4.69, 9.17) is 10.5 Å². The van der Waals surface area contributed by atoms with Crippen LogP contribution in [0, 0.1) is 15.5 Å². The molecule has 1 atom stereocenters. The normalized spacial score (nSPS) is 16.7. The van der Waals surface area contributed by atoms with Crippen LogP contribution in [0.2, 0.25) is 0 Å². The predicted molar refractivity (Wildman–Crippen MR) is 95.3 cm³/mol. The number of nitro benzene ring substituents is 1. The van der Waals surface area contributed by atoms with Gasteiger partial charge < -0.3 is 15.8 Å². The van der Waals surface area contributed by atoms with Gasteiger partial charge >= 0.3 is 5.97 Å². The Hall–Kier alpha value is -2.48. The summed E-state index contributed by atoms with van der Waals surface area (Å²) in [6.45, 7) is 0.415. The van der Waals surface area contributed by atoms with Crippen LogP contribution in [0.25, 0.3) is 0 Å². The van der Waals surface area contributed by atoms with Crippen molar-refractivity contribution in [2.24, 2.45) is 11.1 Å². The molecule has 1 saturated carbocycles. The molecule has 2 rings (SSSR count). The number of carbonyl (C=O) groups is 2. The fourth-order valence-corrected chi connectivity index (χ4v) is 3.55. The highest BCUT2D eigenvalue weighted by Crippen LogP contribution is 2.41. The van der Waals surface area contributed by atoms with Crippen molar-refractivity contribution in [2.75, 3.05) is 13.7 Å². The quantitative estimate of drug-likeness (QED) is 0.411. The number of hydrogen-bond donors (Lipinski definition) is 2. The number of non-ortho nitro benzene ring substituents is 1. The molecule has 0 radical (unpaired) electrons. The lowest BCUT2D eigenvalue weighted by atomic mass is 9.81. The molecule has 8 heteroatoms. The van der Waals surface area contributed by atoms with Crippen LogP contribution in [-0.4, -0.2) is 36.5 Å². The van der Waals surface area contributed by atoms with Gasteiger partial charge in [-0.15, -0.1) is 0 Å². The summed E-state index contributed by atoms with van der Waals surface area (Å²) in [4.78, 5) is 35.2. The van der Waals surface area contributed by atoms with E-state index in [0.717, 1.165) is 25.7 Å². The number of nitrogens with zero attached hydrogens (tertiary/aromatic N) is 1. The molecule has 26 heavy (non-hydrogen) atoms. The molecule has 3 N–H and O–H groups in total. The summed E-state index contributed by atoms with van der Waals surface area (Å²) in [6, 6.07) is 5.05. The Labute approximate surface area is 152 Å². The minimum atomic E-state index is -0.843. The molecule has 1 aromatic rings. The molecule has 1 amide bonds. The maximum absolute atomic E-state index is 12.9. The number of hydrogen-bond acceptors (Lipinski definition) is 6. The Morgan fingerprint density at radius 2 is 1.92 bits per heavy atom. The fourth-order valence-electron chi connectivity index (χ4n) is 3.55. The SMILES string of the molecule is COC(=O)C(Cc1ccc([N+](=O)[O-])cc1)NC(=O)C1(CCN)CCCC1. The summed E-state index contributed by atoms with van der Waals surface area (Å²) in [5.74, 6) is -0.713. The third-order valence-corrected chi connectivity index (χ3v) is 5.04. The Balaban J connectivity index is 2.13. The van der Waals surface area contributed by atoms with Crippen LogP contribution < -0.4 is 11.1 Å². The topological polar surface area (TPSA) is 125 Å². The maximum Gasteiger partial charge on any atom is 0.328 e. The Morgan fingerprint density at radius 3 is 2.42 bits per heavy atom. The molecule has 0 saturated heterocycles. The van der Waals surface area contributed by atoms with E-state index in [1.165, 1.54) is 19.2 Å². The van der Waals surface area contributed by atoms with Crippen molar-refractivity contribution in [2.45, 2.75) is 44.6 Å². The first-order valence-corrected chi connectivity index (χ1v) is 8.74. The molecule has 0 spiro atoms. The minimum absolute atomic E-state index is 0.0275. The van der Waals surface area contributed by atoms with Crippen LogP contribution in [0.1, 0.15) is 37.7 Å². The summed E-state index contributed by atoms with van der Waals surface area (Å²) >= 11 is 0. The zero-order chi connectivity index (χ0) is 19.2. The molecule has 1 unspecified atom stereocenters. The summed E-state index contributed by atoms with van der Waals surface area (Å²) in [6.07, 6.45) is 4.26. The largest absolute Gasteiger partial charge is 0.467 e. The molecule has 0 aromatic heterocycles. The third kappa shape index (κ3) is 4.57. The number of rotatable bonds is 8. The van der Waals surface area contributed by atoms with Crippen molar-refractivity contribution in [3.8, 4) is 0 Å². The van der Waals surface area contributed by atoms with Gasteiger partial charge in [-0.05, 0) is 31.4 Å². The first-order chi connectivity index (χ1) is 12.4. The lowest BCUT2D eigenvalue weighted by Gasteiger charge is -2.29. The highest BCUT2D eigenvalue weighted by molar-refractivity contribution is 5.88. The van der Waals surface area contributed by atoms with Crippen molar-refractivity contribution >= 4 is 17.6 Å². The van der Waals surface area contributed by atoms with Gasteiger partial charge in [-0.25, -0.2) is 4.79 Å². The van der Waals surface area contributed by atoms with Crippen LogP contribution >= 0.6 is 0 Å². The molecule has 0 heterocycles. The molecule has 1 fully saturated rings. The second-order valence-electron chi connectivity index (χ2n) is 6.70. The van der Waals surface area contributed by atoms with Crippen LogP contribution in [0.3, 0.4) is 0 Å². The van der Waals surface area contributed by atoms with Gasteiger partial charge in [0.15, 0.2) is 0 Å². The number of amides is 1. The number of benzene rings is 1. The van der Waals surface area contributed by atoms with E-state index in [2.05, 4.69) is 5.32 Å². The lowest BCUT2D eigenvalue weighted by molar-refractivity contribution is -0.384. The lowest BCUT2D eigenvalue weighted by Crippen LogP contribution is -2.49. The summed E-state index contributed by atoms with van der Waals surface area (Å²) in [7, 11) is 1.27. The van der Waals surface area contributed by atoms with E-state index < -0.39 is 22.3 Å². The standard InChI is InChI=1S/C18H25N3O5/c1-26-16(22)15(12-13-4-6-14(7-5-13)21(24)25)20-17(23)18(10-11-19)8-2-3-9-18/h4-7,15H,2-3,8-12,19H2,1H3,(H,20,23). The van der Waals surface area contributed by atoms with Gasteiger partial charge in [0, 0.05) is 18.6 Å². The first kappa shape index (κ1) is 19.8. The van der Waals surface area contributed by atoms with E-state index in [9.17, 15) is 19.7 Å². The van der Waals surface area contributed by atoms with E-state index in [1.807, 2.05) is 0 Å². The van der Waals surface area contributed by atoms with Crippen molar-refractivity contribution in [3.63, 3.8) is 0 Å². The highest BCUT2D eigenvalue weighted by atomic mass is 16.6. The van der Waals surface area contributed by atoms with E-state index in [0.29, 0.717) is 18.5 Å². The second kappa shape index (κ2) is 8.75. The number of ether oxygens (including phenoxy) is 1. The summed E-state index contributed by atoms with van der Waals surface area (Å²) in [5.41, 5.74) is 5.84. The van der Waals surface area contributed by atoms with Crippen LogP contribution in [0.4, 0.5) is 5.69 Å². The first-order valence-electron chi connectivity index (χ1n) is 8.74. The average molecular weight is 363 g/mol. The zero-order valence-corrected chi connectivity index (χ0v) is 14.9. The van der Waals surface area contributed by atoms with Gasteiger partial charge in [-0.3, -0.25) is 14.9 Å². The number of esters is 1. The monoisotopic (exact) mass is 363 g/mol. The van der Waals surface area contributed by atoms with Crippen LogP contribution in [0.15, 0.2) is 24.3 Å². The molecule has 8 nitrogen and oxygen atoms in total. The Kier molecular flexibility index (Phi) is 6.68. The zero-order valence-electron chi connectivity index (χ0n) is 14.9. The van der Waals surface area contributed by atoms with Crippen molar-refractivity contribution in [1.29, 1.82) is 0 Å².